The van der Waals surface area contributed by atoms with Gasteiger partial charge in [0.05, 0.1) is 4.90 Å². The van der Waals surface area contributed by atoms with Crippen LogP contribution in [0.25, 0.3) is 0 Å². The molecule has 5 nitrogen and oxygen atoms in total. The van der Waals surface area contributed by atoms with Gasteiger partial charge in [0.2, 0.25) is 15.9 Å². The Morgan fingerprint density at radius 3 is 2.23 bits per heavy atom. The summed E-state index contributed by atoms with van der Waals surface area (Å²) in [6.45, 7) is 3.95. The van der Waals surface area contributed by atoms with Gasteiger partial charge in [0.25, 0.3) is 0 Å². The molecule has 1 amide bonds. The fourth-order valence-corrected chi connectivity index (χ4v) is 4.42. The van der Waals surface area contributed by atoms with Gasteiger partial charge in [-0.2, -0.15) is 4.72 Å². The summed E-state index contributed by atoms with van der Waals surface area (Å²) in [5, 5.41) is 2.84. The van der Waals surface area contributed by atoms with E-state index in [1.165, 1.54) is 12.1 Å². The van der Waals surface area contributed by atoms with Crippen LogP contribution in [0.15, 0.2) is 82.2 Å². The van der Waals surface area contributed by atoms with Crippen molar-refractivity contribution in [2.45, 2.75) is 31.2 Å². The number of amides is 1. The second-order valence-electron chi connectivity index (χ2n) is 7.11. The van der Waals surface area contributed by atoms with E-state index >= 15 is 0 Å². The molecule has 0 spiro atoms. The maximum absolute atomic E-state index is 13.0. The predicted octanol–water partition coefficient (Wildman–Crippen LogP) is 4.59. The number of sulfonamides is 1. The van der Waals surface area contributed by atoms with Crippen molar-refractivity contribution in [1.82, 2.24) is 4.72 Å². The zero-order valence-corrected chi connectivity index (χ0v) is 19.1. The zero-order valence-electron chi connectivity index (χ0n) is 16.7. The Balaban J connectivity index is 1.86. The molecule has 0 aliphatic carbocycles. The van der Waals surface area contributed by atoms with Crippen LogP contribution in [0.3, 0.4) is 0 Å². The van der Waals surface area contributed by atoms with Gasteiger partial charge in [0.15, 0.2) is 0 Å². The van der Waals surface area contributed by atoms with Crippen LogP contribution < -0.4 is 10.0 Å². The standard InChI is InChI=1S/C23H23BrN2O3S/c1-16-8-11-20(14-17(16)2)25-23(27)22(15-18-6-4-3-5-7-18)26-30(28,29)21-12-9-19(24)10-13-21/h3-14,22,26H,15H2,1-2H3,(H,25,27)/t22-/m1/s1. The van der Waals surface area contributed by atoms with Gasteiger partial charge in [0, 0.05) is 10.2 Å². The monoisotopic (exact) mass is 486 g/mol. The van der Waals surface area contributed by atoms with Gasteiger partial charge >= 0.3 is 0 Å². The molecule has 1 atom stereocenters. The van der Waals surface area contributed by atoms with Crippen molar-refractivity contribution >= 4 is 37.5 Å². The van der Waals surface area contributed by atoms with Gasteiger partial charge in [-0.1, -0.05) is 52.3 Å². The number of halogens is 1. The highest BCUT2D eigenvalue weighted by Gasteiger charge is 2.26. The molecule has 0 heterocycles. The van der Waals surface area contributed by atoms with E-state index in [-0.39, 0.29) is 11.3 Å². The minimum atomic E-state index is -3.88. The van der Waals surface area contributed by atoms with Crippen LogP contribution >= 0.6 is 15.9 Å². The summed E-state index contributed by atoms with van der Waals surface area (Å²) in [7, 11) is -3.88. The van der Waals surface area contributed by atoms with Gasteiger partial charge in [-0.25, -0.2) is 8.42 Å². The van der Waals surface area contributed by atoms with Crippen molar-refractivity contribution in [2.75, 3.05) is 5.32 Å². The molecular weight excluding hydrogens is 464 g/mol. The van der Waals surface area contributed by atoms with E-state index in [1.54, 1.807) is 12.1 Å². The topological polar surface area (TPSA) is 75.3 Å². The largest absolute Gasteiger partial charge is 0.325 e. The summed E-state index contributed by atoms with van der Waals surface area (Å²) in [4.78, 5) is 13.1. The summed E-state index contributed by atoms with van der Waals surface area (Å²) >= 11 is 3.30. The van der Waals surface area contributed by atoms with Crippen LogP contribution in [0.1, 0.15) is 16.7 Å². The zero-order chi connectivity index (χ0) is 21.7. The number of anilines is 1. The number of hydrogen-bond donors (Lipinski definition) is 2. The first-order chi connectivity index (χ1) is 14.2. The number of rotatable bonds is 7. The van der Waals surface area contributed by atoms with E-state index in [0.717, 1.165) is 21.2 Å². The number of aryl methyl sites for hydroxylation is 2. The lowest BCUT2D eigenvalue weighted by molar-refractivity contribution is -0.117. The van der Waals surface area contributed by atoms with E-state index in [4.69, 9.17) is 0 Å². The molecule has 30 heavy (non-hydrogen) atoms. The number of carbonyl (C=O) groups is 1. The highest BCUT2D eigenvalue weighted by Crippen LogP contribution is 2.18. The second-order valence-corrected chi connectivity index (χ2v) is 9.74. The lowest BCUT2D eigenvalue weighted by Crippen LogP contribution is -2.45. The van der Waals surface area contributed by atoms with Gasteiger partial charge in [0.1, 0.15) is 6.04 Å². The van der Waals surface area contributed by atoms with Crippen LogP contribution in [-0.2, 0) is 21.2 Å². The van der Waals surface area contributed by atoms with E-state index < -0.39 is 22.0 Å². The Bertz CT molecular complexity index is 1130. The lowest BCUT2D eigenvalue weighted by Gasteiger charge is -2.19. The van der Waals surface area contributed by atoms with Crippen molar-refractivity contribution in [1.29, 1.82) is 0 Å². The van der Waals surface area contributed by atoms with E-state index in [9.17, 15) is 13.2 Å². The maximum atomic E-state index is 13.0. The van der Waals surface area contributed by atoms with Crippen LogP contribution in [-0.4, -0.2) is 20.4 Å². The average molecular weight is 487 g/mol. The van der Waals surface area contributed by atoms with Gasteiger partial charge < -0.3 is 5.32 Å². The molecule has 2 N–H and O–H groups in total. The van der Waals surface area contributed by atoms with Gasteiger partial charge in [-0.15, -0.1) is 0 Å². The Labute approximate surface area is 185 Å². The van der Waals surface area contributed by atoms with Crippen molar-refractivity contribution in [3.8, 4) is 0 Å². The molecule has 0 fully saturated rings. The third-order valence-corrected chi connectivity index (χ3v) is 6.81. The molecule has 0 saturated heterocycles. The lowest BCUT2D eigenvalue weighted by atomic mass is 10.1. The van der Waals surface area contributed by atoms with Crippen LogP contribution in [0.4, 0.5) is 5.69 Å². The third kappa shape index (κ3) is 5.78. The molecule has 0 aromatic heterocycles. The summed E-state index contributed by atoms with van der Waals surface area (Å²) < 4.78 is 29.1. The summed E-state index contributed by atoms with van der Waals surface area (Å²) in [5.74, 6) is -0.414. The number of benzene rings is 3. The number of hydrogen-bond acceptors (Lipinski definition) is 3. The first kappa shape index (κ1) is 22.2. The Morgan fingerprint density at radius 2 is 1.60 bits per heavy atom. The molecule has 0 aliphatic rings. The highest BCUT2D eigenvalue weighted by atomic mass is 79.9. The minimum Gasteiger partial charge on any atom is -0.325 e. The minimum absolute atomic E-state index is 0.0998. The number of nitrogens with one attached hydrogen (secondary N) is 2. The SMILES string of the molecule is Cc1ccc(NC(=O)[C@@H](Cc2ccccc2)NS(=O)(=O)c2ccc(Br)cc2)cc1C. The Hall–Kier alpha value is -2.48. The van der Waals surface area contributed by atoms with Crippen molar-refractivity contribution in [3.05, 3.63) is 94.0 Å². The summed E-state index contributed by atoms with van der Waals surface area (Å²) in [6, 6.07) is 20.2. The smallest absolute Gasteiger partial charge is 0.242 e. The molecular formula is C23H23BrN2O3S. The van der Waals surface area contributed by atoms with Crippen molar-refractivity contribution in [2.24, 2.45) is 0 Å². The van der Waals surface area contributed by atoms with Crippen molar-refractivity contribution in [3.63, 3.8) is 0 Å². The maximum Gasteiger partial charge on any atom is 0.242 e. The molecule has 0 radical (unpaired) electrons. The summed E-state index contributed by atoms with van der Waals surface area (Å²) in [6.07, 6.45) is 0.229. The van der Waals surface area contributed by atoms with E-state index in [1.807, 2.05) is 62.4 Å². The molecule has 3 aromatic carbocycles. The van der Waals surface area contributed by atoms with E-state index in [0.29, 0.717) is 5.69 Å². The molecule has 7 heteroatoms. The molecule has 0 unspecified atom stereocenters. The van der Waals surface area contributed by atoms with Crippen LogP contribution in [0.2, 0.25) is 0 Å². The summed E-state index contributed by atoms with van der Waals surface area (Å²) in [5.41, 5.74) is 3.65. The Morgan fingerprint density at radius 1 is 0.933 bits per heavy atom. The molecule has 3 aromatic rings. The van der Waals surface area contributed by atoms with Gasteiger partial charge in [-0.3, -0.25) is 4.79 Å². The third-order valence-electron chi connectivity index (χ3n) is 4.79. The second kappa shape index (κ2) is 9.55. The molecule has 0 aliphatic heterocycles. The molecule has 3 rings (SSSR count). The van der Waals surface area contributed by atoms with E-state index in [2.05, 4.69) is 26.0 Å². The quantitative estimate of drug-likeness (QED) is 0.512. The fraction of sp³-hybridized carbons (Fsp3) is 0.174. The number of carbonyl (C=O) groups excluding carboxylic acids is 1. The molecule has 156 valence electrons. The van der Waals surface area contributed by atoms with Gasteiger partial charge in [-0.05, 0) is 73.4 Å². The van der Waals surface area contributed by atoms with Crippen molar-refractivity contribution < 1.29 is 13.2 Å². The molecule has 0 bridgehead atoms. The average Bonchev–Trinajstić information content (AvgIpc) is 2.71. The van der Waals surface area contributed by atoms with Crippen LogP contribution in [0, 0.1) is 13.8 Å². The highest BCUT2D eigenvalue weighted by molar-refractivity contribution is 9.10. The van der Waals surface area contributed by atoms with Crippen LogP contribution in [0.5, 0.6) is 0 Å². The Kier molecular flexibility index (Phi) is 7.07. The fourth-order valence-electron chi connectivity index (χ4n) is 2.96. The predicted molar refractivity (Wildman–Crippen MR) is 123 cm³/mol. The first-order valence-corrected chi connectivity index (χ1v) is 11.7. The molecule has 0 saturated carbocycles. The normalized spacial score (nSPS) is 12.4. The first-order valence-electron chi connectivity index (χ1n) is 9.44.